The highest BCUT2D eigenvalue weighted by Crippen LogP contribution is 2.30. The molecule has 5 aromatic carbocycles. The number of fused-ring (bicyclic) bond motifs is 2. The Morgan fingerprint density at radius 2 is 1.13 bits per heavy atom. The van der Waals surface area contributed by atoms with Crippen molar-refractivity contribution in [2.45, 2.75) is 70.9 Å². The van der Waals surface area contributed by atoms with E-state index in [1.807, 2.05) is 88.2 Å². The third-order valence-electron chi connectivity index (χ3n) is 10.1. The minimum absolute atomic E-state index is 0.0539. The molecule has 2 aromatic heterocycles. The molecule has 0 radical (unpaired) electrons. The predicted molar refractivity (Wildman–Crippen MR) is 268 cm³/mol. The van der Waals surface area contributed by atoms with Crippen LogP contribution >= 0.6 is 22.6 Å². The van der Waals surface area contributed by atoms with Gasteiger partial charge in [0.05, 0.1) is 27.3 Å². The molecule has 62 heavy (non-hydrogen) atoms. The van der Waals surface area contributed by atoms with Crippen LogP contribution < -0.4 is 0 Å². The van der Waals surface area contributed by atoms with E-state index in [4.69, 9.17) is 19.7 Å². The molecule has 13 heteroatoms. The van der Waals surface area contributed by atoms with Gasteiger partial charge in [0.1, 0.15) is 19.6 Å². The van der Waals surface area contributed by atoms with Gasteiger partial charge in [0.25, 0.3) is 5.69 Å². The molecule has 0 saturated heterocycles. The number of hydrogen-bond donors (Lipinski definition) is 1. The van der Waals surface area contributed by atoms with Crippen LogP contribution in [-0.4, -0.2) is 59.0 Å². The number of aromatic nitrogens is 4. The van der Waals surface area contributed by atoms with Crippen molar-refractivity contribution >= 4 is 90.5 Å². The van der Waals surface area contributed by atoms with Crippen molar-refractivity contribution in [3.63, 3.8) is 0 Å². The smallest absolute Gasteiger partial charge is 0.269 e. The van der Waals surface area contributed by atoms with E-state index in [1.165, 1.54) is 27.3 Å². The first kappa shape index (κ1) is 46.5. The van der Waals surface area contributed by atoms with Gasteiger partial charge in [-0.1, -0.05) is 136 Å². The van der Waals surface area contributed by atoms with E-state index in [2.05, 4.69) is 104 Å². The molecule has 322 valence electrons. The number of aliphatic hydroxyl groups is 1. The van der Waals surface area contributed by atoms with Gasteiger partial charge < -0.3 is 14.6 Å². The summed E-state index contributed by atoms with van der Waals surface area (Å²) >= 11 is 2.35. The summed E-state index contributed by atoms with van der Waals surface area (Å²) in [5.74, 6) is 0. The van der Waals surface area contributed by atoms with Crippen LogP contribution in [-0.2, 0) is 22.9 Å². The molecule has 0 fully saturated rings. The highest BCUT2D eigenvalue weighted by atomic mass is 127. The standard InChI is InChI=1S/C28H31N3O4Si.C21H25IN2OSi/c1-36(2,3)17-16-35-20-30-27-19-23(28(32)22-10-7-11-24(18-22)31(33)34)13-14-25(27)26(29-30)15-12-21-8-5-4-6-9-21;1-26(2,3)14-13-25-16-24-21-15-18(22)10-11-19(21)20(23-24)12-9-17-7-5-4-6-8-17/h4-15,18-19,28,32H,16-17,20H2,1-3H3;4-12,15H,13-14,16H2,1-3H3/b15-12+;12-9+. The van der Waals surface area contributed by atoms with Gasteiger partial charge in [-0.05, 0) is 93.4 Å². The Kier molecular flexibility index (Phi) is 16.0. The molecule has 2 heterocycles. The first-order valence-corrected chi connectivity index (χ1v) is 29.3. The topological polar surface area (TPSA) is 117 Å². The van der Waals surface area contributed by atoms with E-state index >= 15 is 0 Å². The lowest BCUT2D eigenvalue weighted by Crippen LogP contribution is -2.22. The number of non-ortho nitro benzene ring substituents is 1. The van der Waals surface area contributed by atoms with Crippen LogP contribution in [0.1, 0.15) is 39.7 Å². The average molecular weight is 978 g/mol. The van der Waals surface area contributed by atoms with Gasteiger partial charge in [-0.2, -0.15) is 10.2 Å². The molecule has 1 N–H and O–H groups in total. The maximum atomic E-state index is 11.2. The molecule has 0 bridgehead atoms. The second kappa shape index (κ2) is 21.4. The van der Waals surface area contributed by atoms with Crippen molar-refractivity contribution in [2.24, 2.45) is 0 Å². The molecule has 0 amide bonds. The Morgan fingerprint density at radius 3 is 1.63 bits per heavy atom. The maximum absolute atomic E-state index is 11.2. The SMILES string of the molecule is C[Si](C)(C)CCOCn1nc(/C=C/c2ccccc2)c2ccc(C(O)c3cccc([N+](=O)[O-])c3)cc21.C[Si](C)(C)CCOCn1nc(/C=C/c2ccccc2)c2ccc(I)cc21. The van der Waals surface area contributed by atoms with Gasteiger partial charge in [-0.3, -0.25) is 10.1 Å². The van der Waals surface area contributed by atoms with Crippen LogP contribution in [0.15, 0.2) is 121 Å². The summed E-state index contributed by atoms with van der Waals surface area (Å²) in [6.07, 6.45) is 7.18. The van der Waals surface area contributed by atoms with Gasteiger partial charge >= 0.3 is 0 Å². The largest absolute Gasteiger partial charge is 0.384 e. The molecule has 1 atom stereocenters. The van der Waals surface area contributed by atoms with Crippen molar-refractivity contribution in [3.05, 3.63) is 169 Å². The maximum Gasteiger partial charge on any atom is 0.269 e. The van der Waals surface area contributed by atoms with Crippen molar-refractivity contribution < 1.29 is 19.5 Å². The van der Waals surface area contributed by atoms with Gasteiger partial charge in [-0.15, -0.1) is 0 Å². The number of benzene rings is 5. The number of nitrogens with zero attached hydrogens (tertiary/aromatic N) is 5. The monoisotopic (exact) mass is 977 g/mol. The number of hydrogen-bond acceptors (Lipinski definition) is 7. The molecule has 7 aromatic rings. The summed E-state index contributed by atoms with van der Waals surface area (Å²) in [7, 11) is -2.29. The van der Waals surface area contributed by atoms with Gasteiger partial charge in [0, 0.05) is 55.8 Å². The Hall–Kier alpha value is -5.04. The van der Waals surface area contributed by atoms with Crippen molar-refractivity contribution in [3.8, 4) is 0 Å². The minimum Gasteiger partial charge on any atom is -0.384 e. The van der Waals surface area contributed by atoms with Crippen LogP contribution in [0, 0.1) is 13.7 Å². The normalized spacial score (nSPS) is 12.6. The van der Waals surface area contributed by atoms with E-state index in [0.29, 0.717) is 31.2 Å². The predicted octanol–water partition coefficient (Wildman–Crippen LogP) is 12.6. The number of rotatable bonds is 17. The summed E-state index contributed by atoms with van der Waals surface area (Å²) in [6.45, 7) is 16.3. The average Bonchev–Trinajstić information content (AvgIpc) is 3.78. The first-order valence-electron chi connectivity index (χ1n) is 20.8. The summed E-state index contributed by atoms with van der Waals surface area (Å²) in [4.78, 5) is 10.7. The van der Waals surface area contributed by atoms with Crippen LogP contribution in [0.3, 0.4) is 0 Å². The highest BCUT2D eigenvalue weighted by Gasteiger charge is 2.19. The van der Waals surface area contributed by atoms with Gasteiger partial charge in [0.15, 0.2) is 0 Å². The Labute approximate surface area is 380 Å². The summed E-state index contributed by atoms with van der Waals surface area (Å²) < 4.78 is 16.9. The number of nitro benzene ring substituents is 1. The summed E-state index contributed by atoms with van der Waals surface area (Å²) in [5, 5.41) is 33.9. The Balaban J connectivity index is 0.000000218. The fourth-order valence-corrected chi connectivity index (χ4v) is 8.53. The van der Waals surface area contributed by atoms with E-state index in [0.717, 1.165) is 51.4 Å². The lowest BCUT2D eigenvalue weighted by atomic mass is 9.99. The second-order valence-electron chi connectivity index (χ2n) is 17.6. The highest BCUT2D eigenvalue weighted by molar-refractivity contribution is 14.1. The number of halogens is 1. The zero-order valence-electron chi connectivity index (χ0n) is 36.4. The fourth-order valence-electron chi connectivity index (χ4n) is 6.54. The van der Waals surface area contributed by atoms with Crippen LogP contribution in [0.5, 0.6) is 0 Å². The number of ether oxygens (including phenoxy) is 2. The lowest BCUT2D eigenvalue weighted by Gasteiger charge is -2.15. The van der Waals surface area contributed by atoms with E-state index in [-0.39, 0.29) is 5.69 Å². The van der Waals surface area contributed by atoms with Crippen molar-refractivity contribution in [1.82, 2.24) is 19.6 Å². The third kappa shape index (κ3) is 13.5. The number of aliphatic hydroxyl groups excluding tert-OH is 1. The van der Waals surface area contributed by atoms with Gasteiger partial charge in [-0.25, -0.2) is 9.36 Å². The van der Waals surface area contributed by atoms with E-state index in [9.17, 15) is 15.2 Å². The summed E-state index contributed by atoms with van der Waals surface area (Å²) in [6, 6.07) is 40.7. The minimum atomic E-state index is -1.22. The third-order valence-corrected chi connectivity index (χ3v) is 14.2. The quantitative estimate of drug-likeness (QED) is 0.0317. The molecule has 0 spiro atoms. The molecule has 7 rings (SSSR count). The second-order valence-corrected chi connectivity index (χ2v) is 30.1. The molecule has 0 aliphatic rings. The lowest BCUT2D eigenvalue weighted by molar-refractivity contribution is -0.385. The van der Waals surface area contributed by atoms with Crippen LogP contribution in [0.25, 0.3) is 46.1 Å². The molecule has 1 unspecified atom stereocenters. The van der Waals surface area contributed by atoms with E-state index < -0.39 is 27.2 Å². The molecular weight excluding hydrogens is 922 g/mol. The molecule has 0 aliphatic heterocycles. The molecule has 0 aliphatic carbocycles. The van der Waals surface area contributed by atoms with Crippen LogP contribution in [0.2, 0.25) is 51.4 Å². The van der Waals surface area contributed by atoms with E-state index in [1.54, 1.807) is 12.1 Å². The Morgan fingerprint density at radius 1 is 0.645 bits per heavy atom. The molecule has 10 nitrogen and oxygen atoms in total. The van der Waals surface area contributed by atoms with Crippen molar-refractivity contribution in [2.75, 3.05) is 13.2 Å². The fraction of sp³-hybridized carbons (Fsp3) is 0.265. The number of nitro groups is 1. The molecular formula is C49H56IN5O5Si2. The first-order chi connectivity index (χ1) is 29.6. The van der Waals surface area contributed by atoms with Crippen LogP contribution in [0.4, 0.5) is 5.69 Å². The summed E-state index contributed by atoms with van der Waals surface area (Å²) in [5.41, 5.74) is 7.02. The Bertz CT molecular complexity index is 2630. The zero-order chi connectivity index (χ0) is 44.3. The zero-order valence-corrected chi connectivity index (χ0v) is 40.5. The van der Waals surface area contributed by atoms with Gasteiger partial charge in [0.2, 0.25) is 0 Å². The molecule has 0 saturated carbocycles. The van der Waals surface area contributed by atoms with Crippen molar-refractivity contribution in [1.29, 1.82) is 0 Å².